The Kier molecular flexibility index (Phi) is 4.14. The third-order valence-electron chi connectivity index (χ3n) is 3.43. The highest BCUT2D eigenvalue weighted by molar-refractivity contribution is 7.99. The molecule has 1 heterocycles. The van der Waals surface area contributed by atoms with Crippen molar-refractivity contribution in [2.45, 2.75) is 49.4 Å². The van der Waals surface area contributed by atoms with E-state index in [0.29, 0.717) is 0 Å². The number of nitrogens with one attached hydrogen (secondary N) is 1. The van der Waals surface area contributed by atoms with E-state index in [2.05, 4.69) is 11.6 Å². The van der Waals surface area contributed by atoms with Crippen molar-refractivity contribution >= 4 is 11.8 Å². The first kappa shape index (κ1) is 10.8. The second-order valence-electron chi connectivity index (χ2n) is 4.36. The molecule has 1 aliphatic carbocycles. The van der Waals surface area contributed by atoms with Gasteiger partial charge in [-0.3, -0.25) is 0 Å². The van der Waals surface area contributed by atoms with Crippen LogP contribution in [0.3, 0.4) is 0 Å². The molecule has 0 bridgehead atoms. The molecule has 1 saturated heterocycles. The normalized spacial score (nSPS) is 34.9. The van der Waals surface area contributed by atoms with Gasteiger partial charge in [-0.25, -0.2) is 0 Å². The van der Waals surface area contributed by atoms with Gasteiger partial charge >= 0.3 is 0 Å². The minimum absolute atomic E-state index is 0.724. The minimum Gasteiger partial charge on any atom is -0.381 e. The fourth-order valence-electron chi connectivity index (χ4n) is 2.57. The van der Waals surface area contributed by atoms with Crippen molar-refractivity contribution < 1.29 is 4.74 Å². The van der Waals surface area contributed by atoms with Gasteiger partial charge in [0, 0.05) is 30.5 Å². The first-order valence-electron chi connectivity index (χ1n) is 5.76. The molecule has 1 aliphatic heterocycles. The zero-order valence-electron chi connectivity index (χ0n) is 9.00. The van der Waals surface area contributed by atoms with Crippen LogP contribution < -0.4 is 5.32 Å². The molecule has 0 amide bonds. The molecule has 14 heavy (non-hydrogen) atoms. The lowest BCUT2D eigenvalue weighted by molar-refractivity contribution is 0.0752. The lowest BCUT2D eigenvalue weighted by atomic mass is 10.1. The molecule has 2 aliphatic rings. The van der Waals surface area contributed by atoms with Gasteiger partial charge in [0.15, 0.2) is 0 Å². The SMILES string of the molecule is CSC1CCCC1NC1CCOCC1. The summed E-state index contributed by atoms with van der Waals surface area (Å²) in [4.78, 5) is 0. The van der Waals surface area contributed by atoms with E-state index in [-0.39, 0.29) is 0 Å². The van der Waals surface area contributed by atoms with Crippen LogP contribution in [0.25, 0.3) is 0 Å². The number of hydrogen-bond acceptors (Lipinski definition) is 3. The molecule has 2 atom stereocenters. The summed E-state index contributed by atoms with van der Waals surface area (Å²) in [5, 5.41) is 4.68. The number of ether oxygens (including phenoxy) is 1. The Balaban J connectivity index is 1.77. The number of hydrogen-bond donors (Lipinski definition) is 1. The molecule has 2 nitrogen and oxygen atoms in total. The molecule has 0 radical (unpaired) electrons. The molecule has 0 aromatic carbocycles. The quantitative estimate of drug-likeness (QED) is 0.778. The van der Waals surface area contributed by atoms with E-state index in [1.807, 2.05) is 11.8 Å². The van der Waals surface area contributed by atoms with E-state index >= 15 is 0 Å². The summed E-state index contributed by atoms with van der Waals surface area (Å²) in [7, 11) is 0. The lowest BCUT2D eigenvalue weighted by Gasteiger charge is -2.29. The lowest BCUT2D eigenvalue weighted by Crippen LogP contribution is -2.44. The van der Waals surface area contributed by atoms with Gasteiger partial charge in [0.1, 0.15) is 0 Å². The maximum atomic E-state index is 5.37. The molecule has 0 aromatic rings. The fraction of sp³-hybridized carbons (Fsp3) is 1.00. The van der Waals surface area contributed by atoms with Gasteiger partial charge in [0.05, 0.1) is 0 Å². The first-order chi connectivity index (χ1) is 6.90. The average molecular weight is 215 g/mol. The van der Waals surface area contributed by atoms with Crippen LogP contribution in [0.5, 0.6) is 0 Å². The Labute approximate surface area is 91.2 Å². The van der Waals surface area contributed by atoms with Crippen molar-refractivity contribution in [1.82, 2.24) is 5.32 Å². The van der Waals surface area contributed by atoms with E-state index in [0.717, 1.165) is 30.5 Å². The molecule has 3 heteroatoms. The molecule has 2 unspecified atom stereocenters. The Morgan fingerprint density at radius 2 is 1.93 bits per heavy atom. The maximum Gasteiger partial charge on any atom is 0.0480 e. The Hall–Kier alpha value is 0.270. The molecule has 2 rings (SSSR count). The van der Waals surface area contributed by atoms with E-state index in [1.54, 1.807) is 0 Å². The van der Waals surface area contributed by atoms with E-state index in [4.69, 9.17) is 4.74 Å². The van der Waals surface area contributed by atoms with Crippen LogP contribution in [0.4, 0.5) is 0 Å². The van der Waals surface area contributed by atoms with Gasteiger partial charge in [-0.1, -0.05) is 6.42 Å². The van der Waals surface area contributed by atoms with Crippen LogP contribution in [-0.4, -0.2) is 36.8 Å². The predicted molar refractivity (Wildman–Crippen MR) is 61.9 cm³/mol. The van der Waals surface area contributed by atoms with Crippen molar-refractivity contribution in [3.05, 3.63) is 0 Å². The highest BCUT2D eigenvalue weighted by atomic mass is 32.2. The zero-order valence-corrected chi connectivity index (χ0v) is 9.81. The van der Waals surface area contributed by atoms with Gasteiger partial charge in [0.2, 0.25) is 0 Å². The summed E-state index contributed by atoms with van der Waals surface area (Å²) in [6.45, 7) is 1.91. The summed E-state index contributed by atoms with van der Waals surface area (Å²) in [6.07, 6.45) is 8.85. The summed E-state index contributed by atoms with van der Waals surface area (Å²) in [5.41, 5.74) is 0. The largest absolute Gasteiger partial charge is 0.381 e. The number of thioether (sulfide) groups is 1. The molecular weight excluding hydrogens is 194 g/mol. The molecule has 0 spiro atoms. The van der Waals surface area contributed by atoms with Crippen LogP contribution >= 0.6 is 11.8 Å². The number of rotatable bonds is 3. The highest BCUT2D eigenvalue weighted by Crippen LogP contribution is 2.29. The Morgan fingerprint density at radius 3 is 2.64 bits per heavy atom. The van der Waals surface area contributed by atoms with Crippen LogP contribution in [0.1, 0.15) is 32.1 Å². The average Bonchev–Trinajstić information content (AvgIpc) is 2.67. The summed E-state index contributed by atoms with van der Waals surface area (Å²) < 4.78 is 5.37. The van der Waals surface area contributed by atoms with Crippen molar-refractivity contribution in [3.8, 4) is 0 Å². The predicted octanol–water partition coefficient (Wildman–Crippen LogP) is 2.04. The fourth-order valence-corrected chi connectivity index (χ4v) is 3.51. The molecule has 0 aromatic heterocycles. The van der Waals surface area contributed by atoms with Gasteiger partial charge in [-0.15, -0.1) is 0 Å². The van der Waals surface area contributed by atoms with E-state index in [1.165, 1.54) is 32.1 Å². The minimum atomic E-state index is 0.724. The second-order valence-corrected chi connectivity index (χ2v) is 5.44. The third kappa shape index (κ3) is 2.65. The smallest absolute Gasteiger partial charge is 0.0480 e. The van der Waals surface area contributed by atoms with Crippen molar-refractivity contribution in [2.24, 2.45) is 0 Å². The second kappa shape index (κ2) is 5.38. The van der Waals surface area contributed by atoms with Crippen LogP contribution in [0, 0.1) is 0 Å². The van der Waals surface area contributed by atoms with E-state index in [9.17, 15) is 0 Å². The van der Waals surface area contributed by atoms with Crippen LogP contribution in [0.15, 0.2) is 0 Å². The Morgan fingerprint density at radius 1 is 1.14 bits per heavy atom. The zero-order chi connectivity index (χ0) is 9.80. The van der Waals surface area contributed by atoms with Crippen LogP contribution in [0.2, 0.25) is 0 Å². The molecule has 1 N–H and O–H groups in total. The third-order valence-corrected chi connectivity index (χ3v) is 4.60. The summed E-state index contributed by atoms with van der Waals surface area (Å²) >= 11 is 2.04. The molecule has 82 valence electrons. The van der Waals surface area contributed by atoms with Crippen molar-refractivity contribution in [1.29, 1.82) is 0 Å². The topological polar surface area (TPSA) is 21.3 Å². The standard InChI is InChI=1S/C11H21NOS/c1-14-11-4-2-3-10(11)12-9-5-7-13-8-6-9/h9-12H,2-8H2,1H3. The Bertz CT molecular complexity index is 171. The molecular formula is C11H21NOS. The van der Waals surface area contributed by atoms with Gasteiger partial charge in [-0.05, 0) is 31.9 Å². The van der Waals surface area contributed by atoms with Gasteiger partial charge in [0.25, 0.3) is 0 Å². The van der Waals surface area contributed by atoms with Crippen molar-refractivity contribution in [3.63, 3.8) is 0 Å². The van der Waals surface area contributed by atoms with Crippen molar-refractivity contribution in [2.75, 3.05) is 19.5 Å². The van der Waals surface area contributed by atoms with Gasteiger partial charge < -0.3 is 10.1 Å². The monoisotopic (exact) mass is 215 g/mol. The van der Waals surface area contributed by atoms with E-state index < -0.39 is 0 Å². The summed E-state index contributed by atoms with van der Waals surface area (Å²) in [5.74, 6) is 0. The summed E-state index contributed by atoms with van der Waals surface area (Å²) in [6, 6.07) is 1.49. The van der Waals surface area contributed by atoms with Gasteiger partial charge in [-0.2, -0.15) is 11.8 Å². The maximum absolute atomic E-state index is 5.37. The van der Waals surface area contributed by atoms with Crippen LogP contribution in [-0.2, 0) is 4.74 Å². The first-order valence-corrected chi connectivity index (χ1v) is 7.05. The highest BCUT2D eigenvalue weighted by Gasteiger charge is 2.28. The molecule has 2 fully saturated rings. The molecule has 1 saturated carbocycles.